The second-order valence-corrected chi connectivity index (χ2v) is 6.79. The Labute approximate surface area is 168 Å². The summed E-state index contributed by atoms with van der Waals surface area (Å²) in [5, 5.41) is 17.4. The maximum absolute atomic E-state index is 12.5. The number of nitrogens with one attached hydrogen (secondary N) is 3. The minimum absolute atomic E-state index is 0.257. The number of para-hydroxylation sites is 1. The first-order valence-corrected chi connectivity index (χ1v) is 9.37. The predicted molar refractivity (Wildman–Crippen MR) is 108 cm³/mol. The van der Waals surface area contributed by atoms with Crippen molar-refractivity contribution in [2.75, 3.05) is 23.8 Å². The molecule has 1 heterocycles. The van der Waals surface area contributed by atoms with Crippen LogP contribution in [0.4, 0.5) is 16.2 Å². The lowest BCUT2D eigenvalue weighted by atomic mass is 9.93. The highest BCUT2D eigenvalue weighted by Gasteiger charge is 2.31. The zero-order valence-corrected chi connectivity index (χ0v) is 15.8. The van der Waals surface area contributed by atoms with Gasteiger partial charge in [-0.05, 0) is 49.2 Å². The van der Waals surface area contributed by atoms with Crippen LogP contribution in [0.25, 0.3) is 0 Å². The lowest BCUT2D eigenvalue weighted by Crippen LogP contribution is -2.48. The first-order valence-electron chi connectivity index (χ1n) is 9.37. The van der Waals surface area contributed by atoms with E-state index in [0.717, 1.165) is 6.42 Å². The van der Waals surface area contributed by atoms with Gasteiger partial charge in [0.1, 0.15) is 6.04 Å². The molecule has 2 atom stereocenters. The molecule has 4 N–H and O–H groups in total. The van der Waals surface area contributed by atoms with E-state index in [1.807, 2.05) is 18.2 Å². The van der Waals surface area contributed by atoms with E-state index < -0.39 is 23.9 Å². The number of anilines is 2. The van der Waals surface area contributed by atoms with Gasteiger partial charge in [0.2, 0.25) is 0 Å². The van der Waals surface area contributed by atoms with Gasteiger partial charge in [0, 0.05) is 29.5 Å². The van der Waals surface area contributed by atoms with Crippen molar-refractivity contribution >= 4 is 29.3 Å². The van der Waals surface area contributed by atoms with Crippen LogP contribution in [0, 0.1) is 5.92 Å². The lowest BCUT2D eigenvalue weighted by molar-refractivity contribution is -0.142. The van der Waals surface area contributed by atoms with Crippen LogP contribution in [0.15, 0.2) is 54.6 Å². The van der Waals surface area contributed by atoms with Crippen LogP contribution in [0.3, 0.4) is 0 Å². The third kappa shape index (κ3) is 5.79. The molecule has 0 aliphatic carbocycles. The van der Waals surface area contributed by atoms with Gasteiger partial charge in [-0.3, -0.25) is 4.79 Å². The Morgan fingerprint density at radius 3 is 2.21 bits per heavy atom. The van der Waals surface area contributed by atoms with Gasteiger partial charge in [-0.2, -0.15) is 0 Å². The summed E-state index contributed by atoms with van der Waals surface area (Å²) in [6.07, 6.45) is 1.46. The molecular weight excluding hydrogens is 374 g/mol. The Hall–Kier alpha value is -3.39. The SMILES string of the molecule is O=C(Nc1ccccc1)Nc1ccc(C(=O)NC(C(=O)O)C2CCCOC2)cc1. The van der Waals surface area contributed by atoms with Crippen molar-refractivity contribution < 1.29 is 24.2 Å². The quantitative estimate of drug-likeness (QED) is 0.598. The fraction of sp³-hybridized carbons (Fsp3) is 0.286. The van der Waals surface area contributed by atoms with Crippen LogP contribution in [0.5, 0.6) is 0 Å². The number of urea groups is 1. The highest BCUT2D eigenvalue weighted by molar-refractivity contribution is 6.00. The molecule has 152 valence electrons. The molecule has 1 aliphatic heterocycles. The number of carbonyl (C=O) groups excluding carboxylic acids is 2. The molecule has 0 aromatic heterocycles. The molecule has 0 radical (unpaired) electrons. The number of benzene rings is 2. The van der Waals surface area contributed by atoms with Crippen molar-refractivity contribution in [3.63, 3.8) is 0 Å². The van der Waals surface area contributed by atoms with Gasteiger partial charge in [0.15, 0.2) is 0 Å². The monoisotopic (exact) mass is 397 g/mol. The summed E-state index contributed by atoms with van der Waals surface area (Å²) in [4.78, 5) is 36.0. The van der Waals surface area contributed by atoms with Gasteiger partial charge in [0.05, 0.1) is 6.61 Å². The van der Waals surface area contributed by atoms with E-state index in [0.29, 0.717) is 36.6 Å². The van der Waals surface area contributed by atoms with E-state index in [1.165, 1.54) is 12.1 Å². The lowest BCUT2D eigenvalue weighted by Gasteiger charge is -2.28. The molecule has 1 fully saturated rings. The smallest absolute Gasteiger partial charge is 0.326 e. The van der Waals surface area contributed by atoms with Crippen molar-refractivity contribution in [1.82, 2.24) is 5.32 Å². The van der Waals surface area contributed by atoms with Crippen molar-refractivity contribution in [3.05, 3.63) is 60.2 Å². The summed E-state index contributed by atoms with van der Waals surface area (Å²) in [6.45, 7) is 0.930. The van der Waals surface area contributed by atoms with Crippen LogP contribution in [0.1, 0.15) is 23.2 Å². The van der Waals surface area contributed by atoms with Crippen LogP contribution in [0.2, 0.25) is 0 Å². The first kappa shape index (κ1) is 20.3. The zero-order valence-electron chi connectivity index (χ0n) is 15.8. The average molecular weight is 397 g/mol. The zero-order chi connectivity index (χ0) is 20.6. The highest BCUT2D eigenvalue weighted by Crippen LogP contribution is 2.19. The molecule has 1 saturated heterocycles. The second-order valence-electron chi connectivity index (χ2n) is 6.79. The van der Waals surface area contributed by atoms with Crippen molar-refractivity contribution in [1.29, 1.82) is 0 Å². The Bertz CT molecular complexity index is 848. The number of aliphatic carboxylic acids is 1. The molecule has 3 rings (SSSR count). The number of carbonyl (C=O) groups is 3. The Balaban J connectivity index is 1.57. The summed E-state index contributed by atoms with van der Waals surface area (Å²) in [5.41, 5.74) is 1.47. The summed E-state index contributed by atoms with van der Waals surface area (Å²) < 4.78 is 5.34. The Kier molecular flexibility index (Phi) is 6.80. The maximum Gasteiger partial charge on any atom is 0.326 e. The van der Waals surface area contributed by atoms with Crippen LogP contribution in [-0.2, 0) is 9.53 Å². The molecule has 3 amide bonds. The van der Waals surface area contributed by atoms with Gasteiger partial charge < -0.3 is 25.8 Å². The molecule has 0 spiro atoms. The van der Waals surface area contributed by atoms with E-state index in [2.05, 4.69) is 16.0 Å². The van der Waals surface area contributed by atoms with E-state index in [-0.39, 0.29) is 5.92 Å². The highest BCUT2D eigenvalue weighted by atomic mass is 16.5. The molecule has 29 heavy (non-hydrogen) atoms. The minimum Gasteiger partial charge on any atom is -0.480 e. The first-order chi connectivity index (χ1) is 14.0. The van der Waals surface area contributed by atoms with Crippen molar-refractivity contribution in [2.24, 2.45) is 5.92 Å². The van der Waals surface area contributed by atoms with Crippen LogP contribution < -0.4 is 16.0 Å². The molecule has 1 aliphatic rings. The van der Waals surface area contributed by atoms with Gasteiger partial charge in [0.25, 0.3) is 5.91 Å². The summed E-state index contributed by atoms with van der Waals surface area (Å²) in [6, 6.07) is 13.8. The van der Waals surface area contributed by atoms with E-state index in [9.17, 15) is 19.5 Å². The number of hydrogen-bond donors (Lipinski definition) is 4. The molecule has 2 unspecified atom stereocenters. The fourth-order valence-corrected chi connectivity index (χ4v) is 3.15. The molecule has 8 nitrogen and oxygen atoms in total. The number of rotatable bonds is 6. The fourth-order valence-electron chi connectivity index (χ4n) is 3.15. The normalized spacial score (nSPS) is 17.0. The number of carboxylic acid groups (broad SMARTS) is 1. The topological polar surface area (TPSA) is 117 Å². The summed E-state index contributed by atoms with van der Waals surface area (Å²) in [7, 11) is 0. The molecule has 2 aromatic rings. The van der Waals surface area contributed by atoms with Gasteiger partial charge >= 0.3 is 12.0 Å². The van der Waals surface area contributed by atoms with E-state index >= 15 is 0 Å². The molecule has 2 aromatic carbocycles. The van der Waals surface area contributed by atoms with Gasteiger partial charge in [-0.15, -0.1) is 0 Å². The summed E-state index contributed by atoms with van der Waals surface area (Å²) >= 11 is 0. The maximum atomic E-state index is 12.5. The largest absolute Gasteiger partial charge is 0.480 e. The Morgan fingerprint density at radius 2 is 1.62 bits per heavy atom. The van der Waals surface area contributed by atoms with Crippen LogP contribution in [-0.4, -0.2) is 42.3 Å². The predicted octanol–water partition coefficient (Wildman–Crippen LogP) is 2.94. The molecule has 0 saturated carbocycles. The standard InChI is InChI=1S/C21H23N3O5/c25-19(24-18(20(26)27)15-5-4-12-29-13-15)14-8-10-17(11-9-14)23-21(28)22-16-6-2-1-3-7-16/h1-3,6-11,15,18H,4-5,12-13H2,(H,24,25)(H,26,27)(H2,22,23,28). The third-order valence-corrected chi connectivity index (χ3v) is 4.66. The number of carboxylic acids is 1. The van der Waals surface area contributed by atoms with Crippen molar-refractivity contribution in [2.45, 2.75) is 18.9 Å². The Morgan fingerprint density at radius 1 is 0.966 bits per heavy atom. The minimum atomic E-state index is -1.08. The molecular formula is C21H23N3O5. The van der Waals surface area contributed by atoms with Crippen molar-refractivity contribution in [3.8, 4) is 0 Å². The average Bonchev–Trinajstić information content (AvgIpc) is 2.73. The van der Waals surface area contributed by atoms with E-state index in [4.69, 9.17) is 4.74 Å². The number of ether oxygens (including phenoxy) is 1. The van der Waals surface area contributed by atoms with Gasteiger partial charge in [-0.1, -0.05) is 18.2 Å². The second kappa shape index (κ2) is 9.70. The third-order valence-electron chi connectivity index (χ3n) is 4.66. The number of amides is 3. The molecule has 0 bridgehead atoms. The van der Waals surface area contributed by atoms with Crippen LogP contribution >= 0.6 is 0 Å². The summed E-state index contributed by atoms with van der Waals surface area (Å²) in [5.74, 6) is -1.82. The molecule has 8 heteroatoms. The van der Waals surface area contributed by atoms with E-state index in [1.54, 1.807) is 24.3 Å². The number of hydrogen-bond acceptors (Lipinski definition) is 4. The van der Waals surface area contributed by atoms with Gasteiger partial charge in [-0.25, -0.2) is 9.59 Å².